The van der Waals surface area contributed by atoms with Crippen LogP contribution in [0.2, 0.25) is 0 Å². The smallest absolute Gasteiger partial charge is 0.366 e. The molecule has 0 aliphatic heterocycles. The molecule has 5 nitrogen and oxygen atoms in total. The van der Waals surface area contributed by atoms with Crippen LogP contribution >= 0.6 is 23.5 Å². The number of aliphatic hydroxyl groups is 1. The summed E-state index contributed by atoms with van der Waals surface area (Å²) in [5, 5.41) is 9.89. The van der Waals surface area contributed by atoms with Crippen LogP contribution in [0, 0.1) is 0 Å². The summed E-state index contributed by atoms with van der Waals surface area (Å²) >= 11 is 3.17. The van der Waals surface area contributed by atoms with E-state index in [4.69, 9.17) is 13.5 Å². The summed E-state index contributed by atoms with van der Waals surface area (Å²) in [6, 6.07) is 1.52. The third-order valence-electron chi connectivity index (χ3n) is 1.76. The lowest BCUT2D eigenvalue weighted by Gasteiger charge is -2.20. The molecule has 16 heavy (non-hydrogen) atoms. The van der Waals surface area contributed by atoms with E-state index in [-0.39, 0.29) is 19.0 Å². The quantitative estimate of drug-likeness (QED) is 0.816. The lowest BCUT2D eigenvalue weighted by molar-refractivity contribution is 0.137. The Morgan fingerprint density at radius 1 is 1.50 bits per heavy atom. The van der Waals surface area contributed by atoms with E-state index in [2.05, 4.69) is 15.9 Å². The van der Waals surface area contributed by atoms with Gasteiger partial charge in [0.05, 0.1) is 17.7 Å². The van der Waals surface area contributed by atoms with Crippen molar-refractivity contribution in [3.05, 3.63) is 22.6 Å². The average molecular weight is 313 g/mol. The van der Waals surface area contributed by atoms with Crippen LogP contribution in [0.15, 0.2) is 21.2 Å². The number of halogens is 1. The second-order valence-electron chi connectivity index (χ2n) is 2.92. The predicted octanol–water partition coefficient (Wildman–Crippen LogP) is 3.30. The minimum Gasteiger partial charge on any atom is -0.465 e. The fraction of sp³-hybridized carbons (Fsp3) is 0.556. The van der Waals surface area contributed by atoms with Crippen molar-refractivity contribution in [3.8, 4) is 0 Å². The van der Waals surface area contributed by atoms with Crippen molar-refractivity contribution in [2.75, 3.05) is 13.2 Å². The van der Waals surface area contributed by atoms with Crippen molar-refractivity contribution in [3.63, 3.8) is 0 Å². The zero-order chi connectivity index (χ0) is 12.2. The molecule has 1 unspecified atom stereocenters. The highest BCUT2D eigenvalue weighted by molar-refractivity contribution is 9.10. The zero-order valence-electron chi connectivity index (χ0n) is 9.05. The predicted molar refractivity (Wildman–Crippen MR) is 62.2 cm³/mol. The van der Waals surface area contributed by atoms with Gasteiger partial charge in [-0.2, -0.15) is 0 Å². The number of rotatable bonds is 6. The van der Waals surface area contributed by atoms with E-state index in [1.165, 1.54) is 12.3 Å². The first-order valence-electron chi connectivity index (χ1n) is 4.84. The molecule has 0 bridgehead atoms. The molecule has 1 aromatic rings. The van der Waals surface area contributed by atoms with Gasteiger partial charge in [-0.1, -0.05) is 0 Å². The average Bonchev–Trinajstić information content (AvgIpc) is 2.64. The van der Waals surface area contributed by atoms with Crippen molar-refractivity contribution >= 4 is 23.5 Å². The molecule has 92 valence electrons. The van der Waals surface area contributed by atoms with Crippen LogP contribution in [-0.2, 0) is 13.6 Å². The van der Waals surface area contributed by atoms with Gasteiger partial charge in [-0.05, 0) is 35.8 Å². The summed E-state index contributed by atoms with van der Waals surface area (Å²) in [5.41, 5.74) is 0. The molecule has 0 aliphatic rings. The Kier molecular flexibility index (Phi) is 5.21. The molecular weight excluding hydrogens is 299 g/mol. The highest BCUT2D eigenvalue weighted by Gasteiger charge is 2.37. The molecule has 0 spiro atoms. The Morgan fingerprint density at radius 2 is 2.06 bits per heavy atom. The second-order valence-corrected chi connectivity index (χ2v) is 5.92. The fourth-order valence-electron chi connectivity index (χ4n) is 1.16. The highest BCUT2D eigenvalue weighted by Crippen LogP contribution is 2.59. The molecular formula is C9H14BrO5P. The Labute approximate surface area is 102 Å². The van der Waals surface area contributed by atoms with Gasteiger partial charge in [0.1, 0.15) is 12.0 Å². The van der Waals surface area contributed by atoms with Gasteiger partial charge in [0.2, 0.25) is 5.85 Å². The van der Waals surface area contributed by atoms with Crippen LogP contribution in [0.3, 0.4) is 0 Å². The number of aliphatic hydroxyl groups excluding tert-OH is 1. The molecule has 1 N–H and O–H groups in total. The van der Waals surface area contributed by atoms with Gasteiger partial charge in [-0.3, -0.25) is 4.57 Å². The van der Waals surface area contributed by atoms with E-state index >= 15 is 0 Å². The van der Waals surface area contributed by atoms with E-state index in [9.17, 15) is 9.67 Å². The number of furan rings is 1. The van der Waals surface area contributed by atoms with Crippen molar-refractivity contribution in [2.45, 2.75) is 19.7 Å². The molecule has 1 heterocycles. The molecule has 0 radical (unpaired) electrons. The molecule has 0 aromatic carbocycles. The summed E-state index contributed by atoms with van der Waals surface area (Å²) in [4.78, 5) is 0. The van der Waals surface area contributed by atoms with E-state index in [1.807, 2.05) is 0 Å². The Hall–Kier alpha value is -0.130. The first-order valence-corrected chi connectivity index (χ1v) is 7.24. The maximum absolute atomic E-state index is 12.2. The van der Waals surface area contributed by atoms with Crippen molar-refractivity contribution in [1.29, 1.82) is 0 Å². The van der Waals surface area contributed by atoms with Crippen LogP contribution in [0.25, 0.3) is 0 Å². The van der Waals surface area contributed by atoms with Gasteiger partial charge in [-0.25, -0.2) is 0 Å². The van der Waals surface area contributed by atoms with Gasteiger partial charge < -0.3 is 18.6 Å². The van der Waals surface area contributed by atoms with E-state index in [0.29, 0.717) is 4.47 Å². The molecule has 0 aliphatic carbocycles. The first-order chi connectivity index (χ1) is 7.53. The normalized spacial score (nSPS) is 14.0. The summed E-state index contributed by atoms with van der Waals surface area (Å²) in [7, 11) is -3.58. The van der Waals surface area contributed by atoms with E-state index < -0.39 is 13.4 Å². The molecule has 1 rings (SSSR count). The molecule has 0 saturated heterocycles. The molecule has 0 saturated carbocycles. The summed E-state index contributed by atoms with van der Waals surface area (Å²) in [6.07, 6.45) is 1.39. The lowest BCUT2D eigenvalue weighted by Crippen LogP contribution is -2.05. The van der Waals surface area contributed by atoms with Crippen LogP contribution in [0.1, 0.15) is 25.5 Å². The summed E-state index contributed by atoms with van der Waals surface area (Å²) in [5.74, 6) is -1.25. The molecule has 0 amide bonds. The minimum absolute atomic E-state index is 0.150. The van der Waals surface area contributed by atoms with Crippen molar-refractivity contribution in [1.82, 2.24) is 0 Å². The topological polar surface area (TPSA) is 68.9 Å². The Morgan fingerprint density at radius 3 is 2.44 bits per heavy atom. The zero-order valence-corrected chi connectivity index (χ0v) is 11.5. The molecule has 1 aromatic heterocycles. The van der Waals surface area contributed by atoms with Gasteiger partial charge in [-0.15, -0.1) is 0 Å². The standard InChI is InChI=1S/C9H14BrO5P/c1-3-14-16(12,15-4-2)9(11)8-5-7(10)6-13-8/h5-6,9,11H,3-4H2,1-2H3. The minimum atomic E-state index is -3.58. The van der Waals surface area contributed by atoms with Gasteiger partial charge in [0.15, 0.2) is 0 Å². The van der Waals surface area contributed by atoms with Crippen molar-refractivity contribution in [2.24, 2.45) is 0 Å². The fourth-order valence-corrected chi connectivity index (χ4v) is 3.00. The van der Waals surface area contributed by atoms with Gasteiger partial charge >= 0.3 is 7.60 Å². The number of hydrogen-bond acceptors (Lipinski definition) is 5. The SMILES string of the molecule is CCOP(=O)(OCC)C(O)c1cc(Br)co1. The van der Waals surface area contributed by atoms with Crippen LogP contribution in [0.4, 0.5) is 0 Å². The first kappa shape index (κ1) is 13.9. The van der Waals surface area contributed by atoms with Crippen molar-refractivity contribution < 1.29 is 23.1 Å². The van der Waals surface area contributed by atoms with Crippen LogP contribution < -0.4 is 0 Å². The van der Waals surface area contributed by atoms with Gasteiger partial charge in [0.25, 0.3) is 0 Å². The molecule has 7 heteroatoms. The van der Waals surface area contributed by atoms with E-state index in [1.54, 1.807) is 13.8 Å². The maximum atomic E-state index is 12.2. The highest BCUT2D eigenvalue weighted by atomic mass is 79.9. The number of hydrogen-bond donors (Lipinski definition) is 1. The van der Waals surface area contributed by atoms with Crippen LogP contribution in [-0.4, -0.2) is 18.3 Å². The summed E-state index contributed by atoms with van der Waals surface area (Å²) < 4.78 is 27.8. The lowest BCUT2D eigenvalue weighted by atomic mass is 10.5. The third kappa shape index (κ3) is 3.18. The Bertz CT molecular complexity index is 368. The third-order valence-corrected chi connectivity index (χ3v) is 4.27. The largest absolute Gasteiger partial charge is 0.465 e. The maximum Gasteiger partial charge on any atom is 0.366 e. The van der Waals surface area contributed by atoms with Gasteiger partial charge in [0, 0.05) is 0 Å². The molecule has 0 fully saturated rings. The monoisotopic (exact) mass is 312 g/mol. The van der Waals surface area contributed by atoms with Crippen LogP contribution in [0.5, 0.6) is 0 Å². The molecule has 1 atom stereocenters. The second kappa shape index (κ2) is 5.98. The van der Waals surface area contributed by atoms with E-state index in [0.717, 1.165) is 0 Å². The Balaban J connectivity index is 2.90. The summed E-state index contributed by atoms with van der Waals surface area (Å²) in [6.45, 7) is 3.74.